The summed E-state index contributed by atoms with van der Waals surface area (Å²) in [7, 11) is 0. The summed E-state index contributed by atoms with van der Waals surface area (Å²) >= 11 is 0. The SMILES string of the molecule is C=C1C[C@@]2(C=O)CC[C@@H]1N2C(=O)c1ccccc1. The number of benzene rings is 1. The molecule has 2 bridgehead atoms. The van der Waals surface area contributed by atoms with Gasteiger partial charge in [0.25, 0.3) is 5.91 Å². The van der Waals surface area contributed by atoms with Gasteiger partial charge in [-0.15, -0.1) is 0 Å². The van der Waals surface area contributed by atoms with Gasteiger partial charge in [0, 0.05) is 12.0 Å². The van der Waals surface area contributed by atoms with E-state index in [1.807, 2.05) is 18.2 Å². The summed E-state index contributed by atoms with van der Waals surface area (Å²) in [6.07, 6.45) is 3.18. The Balaban J connectivity index is 2.00. The molecule has 0 unspecified atom stereocenters. The molecule has 1 amide bonds. The molecule has 0 aliphatic carbocycles. The first kappa shape index (κ1) is 11.2. The van der Waals surface area contributed by atoms with E-state index in [1.54, 1.807) is 17.0 Å². The summed E-state index contributed by atoms with van der Waals surface area (Å²) in [5.74, 6) is -0.0520. The van der Waals surface area contributed by atoms with Gasteiger partial charge in [-0.2, -0.15) is 0 Å². The fraction of sp³-hybridized carbons (Fsp3) is 0.333. The summed E-state index contributed by atoms with van der Waals surface area (Å²) in [5, 5.41) is 0. The van der Waals surface area contributed by atoms with Crippen molar-refractivity contribution in [2.75, 3.05) is 0 Å². The van der Waals surface area contributed by atoms with E-state index in [9.17, 15) is 9.59 Å². The summed E-state index contributed by atoms with van der Waals surface area (Å²) in [6.45, 7) is 4.00. The summed E-state index contributed by atoms with van der Waals surface area (Å²) in [5.41, 5.74) is 1.03. The van der Waals surface area contributed by atoms with Gasteiger partial charge in [-0.05, 0) is 25.0 Å². The van der Waals surface area contributed by atoms with Crippen LogP contribution in [-0.4, -0.2) is 28.7 Å². The van der Waals surface area contributed by atoms with E-state index in [0.29, 0.717) is 12.0 Å². The first-order chi connectivity index (χ1) is 8.68. The molecule has 2 aliphatic rings. The molecule has 0 saturated carbocycles. The van der Waals surface area contributed by atoms with Crippen molar-refractivity contribution in [3.63, 3.8) is 0 Å². The molecule has 2 atom stereocenters. The zero-order chi connectivity index (χ0) is 12.8. The molecule has 1 aromatic carbocycles. The fourth-order valence-electron chi connectivity index (χ4n) is 3.24. The Kier molecular flexibility index (Phi) is 2.37. The van der Waals surface area contributed by atoms with Gasteiger partial charge < -0.3 is 9.69 Å². The van der Waals surface area contributed by atoms with Crippen molar-refractivity contribution in [3.05, 3.63) is 48.0 Å². The summed E-state index contributed by atoms with van der Waals surface area (Å²) in [4.78, 5) is 25.7. The molecular weight excluding hydrogens is 226 g/mol. The Bertz CT molecular complexity index is 523. The lowest BCUT2D eigenvalue weighted by atomic mass is 9.86. The summed E-state index contributed by atoms with van der Waals surface area (Å²) < 4.78 is 0. The highest BCUT2D eigenvalue weighted by molar-refractivity contribution is 5.98. The van der Waals surface area contributed by atoms with Crippen LogP contribution in [0.5, 0.6) is 0 Å². The molecule has 2 aliphatic heterocycles. The number of aldehydes is 1. The number of carbonyl (C=O) groups is 2. The Labute approximate surface area is 106 Å². The first-order valence-corrected chi connectivity index (χ1v) is 6.21. The summed E-state index contributed by atoms with van der Waals surface area (Å²) in [6, 6.07) is 9.19. The van der Waals surface area contributed by atoms with Crippen LogP contribution in [0.15, 0.2) is 42.5 Å². The predicted molar refractivity (Wildman–Crippen MR) is 68.2 cm³/mol. The normalized spacial score (nSPS) is 29.7. The van der Waals surface area contributed by atoms with Crippen LogP contribution in [0.2, 0.25) is 0 Å². The topological polar surface area (TPSA) is 37.4 Å². The van der Waals surface area contributed by atoms with Crippen LogP contribution in [0.3, 0.4) is 0 Å². The molecule has 0 aromatic heterocycles. The van der Waals surface area contributed by atoms with E-state index in [0.717, 1.165) is 24.7 Å². The van der Waals surface area contributed by atoms with Gasteiger partial charge in [0.1, 0.15) is 11.8 Å². The molecule has 1 aromatic rings. The van der Waals surface area contributed by atoms with Crippen molar-refractivity contribution in [2.45, 2.75) is 30.8 Å². The van der Waals surface area contributed by atoms with Crippen LogP contribution >= 0.6 is 0 Å². The van der Waals surface area contributed by atoms with Crippen LogP contribution in [-0.2, 0) is 4.79 Å². The maximum absolute atomic E-state index is 12.5. The standard InChI is InChI=1S/C15H15NO2/c1-11-9-15(10-17)8-7-13(11)16(15)14(18)12-5-3-2-4-6-12/h2-6,10,13H,1,7-9H2/t13-,15+/m0/s1. The van der Waals surface area contributed by atoms with Gasteiger partial charge in [-0.3, -0.25) is 4.79 Å². The minimum absolute atomic E-state index is 0.0444. The van der Waals surface area contributed by atoms with Crippen molar-refractivity contribution >= 4 is 12.2 Å². The van der Waals surface area contributed by atoms with Crippen LogP contribution < -0.4 is 0 Å². The number of nitrogens with zero attached hydrogens (tertiary/aromatic N) is 1. The number of fused-ring (bicyclic) bond motifs is 2. The van der Waals surface area contributed by atoms with Crippen LogP contribution in [0, 0.1) is 0 Å². The molecule has 2 saturated heterocycles. The molecule has 2 heterocycles. The Morgan fingerprint density at radius 3 is 2.72 bits per heavy atom. The molecule has 0 spiro atoms. The third-order valence-corrected chi connectivity index (χ3v) is 4.11. The Hall–Kier alpha value is -1.90. The van der Waals surface area contributed by atoms with E-state index >= 15 is 0 Å². The number of hydrogen-bond donors (Lipinski definition) is 0. The van der Waals surface area contributed by atoms with Gasteiger partial charge in [-0.1, -0.05) is 30.4 Å². The van der Waals surface area contributed by atoms with Crippen LogP contribution in [0.25, 0.3) is 0 Å². The predicted octanol–water partition coefficient (Wildman–Crippen LogP) is 2.19. The highest BCUT2D eigenvalue weighted by Gasteiger charge is 2.55. The molecule has 0 N–H and O–H groups in total. The first-order valence-electron chi connectivity index (χ1n) is 6.21. The van der Waals surface area contributed by atoms with Crippen molar-refractivity contribution < 1.29 is 9.59 Å². The molecule has 3 nitrogen and oxygen atoms in total. The quantitative estimate of drug-likeness (QED) is 0.588. The molecular formula is C15H15NO2. The third-order valence-electron chi connectivity index (χ3n) is 4.11. The number of hydrogen-bond acceptors (Lipinski definition) is 2. The number of amides is 1. The minimum Gasteiger partial charge on any atom is -0.319 e. The fourth-order valence-corrected chi connectivity index (χ4v) is 3.24. The van der Waals surface area contributed by atoms with Crippen LogP contribution in [0.1, 0.15) is 29.6 Å². The molecule has 92 valence electrons. The second-order valence-electron chi connectivity index (χ2n) is 5.15. The second-order valence-corrected chi connectivity index (χ2v) is 5.15. The lowest BCUT2D eigenvalue weighted by Crippen LogP contribution is -2.46. The largest absolute Gasteiger partial charge is 0.319 e. The average Bonchev–Trinajstić information content (AvgIpc) is 2.91. The van der Waals surface area contributed by atoms with Gasteiger partial charge >= 0.3 is 0 Å². The van der Waals surface area contributed by atoms with Crippen LogP contribution in [0.4, 0.5) is 0 Å². The van der Waals surface area contributed by atoms with E-state index in [1.165, 1.54) is 0 Å². The third kappa shape index (κ3) is 1.37. The molecule has 3 heteroatoms. The molecule has 2 fully saturated rings. The number of rotatable bonds is 2. The second kappa shape index (κ2) is 3.80. The van der Waals surface area contributed by atoms with Gasteiger partial charge in [0.05, 0.1) is 6.04 Å². The van der Waals surface area contributed by atoms with Crippen molar-refractivity contribution in [3.8, 4) is 0 Å². The lowest BCUT2D eigenvalue weighted by molar-refractivity contribution is -0.115. The van der Waals surface area contributed by atoms with E-state index in [-0.39, 0.29) is 11.9 Å². The maximum atomic E-state index is 12.5. The van der Waals surface area contributed by atoms with E-state index in [4.69, 9.17) is 0 Å². The van der Waals surface area contributed by atoms with Crippen molar-refractivity contribution in [2.24, 2.45) is 0 Å². The van der Waals surface area contributed by atoms with E-state index in [2.05, 4.69) is 6.58 Å². The van der Waals surface area contributed by atoms with Crippen molar-refractivity contribution in [1.82, 2.24) is 4.90 Å². The Morgan fingerprint density at radius 2 is 2.11 bits per heavy atom. The van der Waals surface area contributed by atoms with E-state index < -0.39 is 5.54 Å². The van der Waals surface area contributed by atoms with Gasteiger partial charge in [0.2, 0.25) is 0 Å². The maximum Gasteiger partial charge on any atom is 0.255 e. The molecule has 18 heavy (non-hydrogen) atoms. The average molecular weight is 241 g/mol. The monoisotopic (exact) mass is 241 g/mol. The minimum atomic E-state index is -0.630. The highest BCUT2D eigenvalue weighted by Crippen LogP contribution is 2.48. The highest BCUT2D eigenvalue weighted by atomic mass is 16.2. The zero-order valence-electron chi connectivity index (χ0n) is 10.1. The van der Waals surface area contributed by atoms with Crippen molar-refractivity contribution in [1.29, 1.82) is 0 Å². The zero-order valence-corrected chi connectivity index (χ0v) is 10.1. The van der Waals surface area contributed by atoms with Gasteiger partial charge in [0.15, 0.2) is 0 Å². The Morgan fingerprint density at radius 1 is 1.39 bits per heavy atom. The van der Waals surface area contributed by atoms with Gasteiger partial charge in [-0.25, -0.2) is 0 Å². The lowest BCUT2D eigenvalue weighted by Gasteiger charge is -2.29. The smallest absolute Gasteiger partial charge is 0.255 e. The molecule has 0 radical (unpaired) electrons. The molecule has 3 rings (SSSR count). The number of carbonyl (C=O) groups excluding carboxylic acids is 2.